The van der Waals surface area contributed by atoms with Gasteiger partial charge in [0.05, 0.1) is 0 Å². The lowest BCUT2D eigenvalue weighted by Crippen LogP contribution is -2.24. The molecular formula is C17H17BrN2O. The van der Waals surface area contributed by atoms with E-state index < -0.39 is 0 Å². The third-order valence-corrected chi connectivity index (χ3v) is 3.51. The van der Waals surface area contributed by atoms with Gasteiger partial charge in [-0.2, -0.15) is 0 Å². The molecule has 21 heavy (non-hydrogen) atoms. The minimum atomic E-state index is -0.0441. The number of carbonyl (C=O) groups excluding carboxylic acids is 1. The van der Waals surface area contributed by atoms with Crippen molar-refractivity contribution in [3.8, 4) is 0 Å². The molecule has 1 amide bonds. The predicted octanol–water partition coefficient (Wildman–Crippen LogP) is 3.70. The first kappa shape index (κ1) is 15.3. The Bertz CT molecular complexity index is 667. The maximum Gasteiger partial charge on any atom is 0.246 e. The summed E-state index contributed by atoms with van der Waals surface area (Å²) in [4.78, 5) is 13.8. The molecule has 0 aliphatic heterocycles. The molecule has 0 bridgehead atoms. The Morgan fingerprint density at radius 1 is 1.24 bits per heavy atom. The molecule has 2 aromatic rings. The Balaban J connectivity index is 1.99. The lowest BCUT2D eigenvalue weighted by molar-refractivity contribution is -0.125. The molecule has 0 saturated carbocycles. The van der Waals surface area contributed by atoms with Crippen LogP contribution in [0, 0.1) is 0 Å². The summed E-state index contributed by atoms with van der Waals surface area (Å²) in [6.45, 7) is 0.569. The number of nitrogens with zero attached hydrogens (tertiary/aromatic N) is 1. The van der Waals surface area contributed by atoms with Gasteiger partial charge in [-0.15, -0.1) is 0 Å². The molecule has 0 heterocycles. The maximum absolute atomic E-state index is 12.1. The summed E-state index contributed by atoms with van der Waals surface area (Å²) in [5, 5.41) is 0. The fraction of sp³-hybridized carbons (Fsp3) is 0.118. The van der Waals surface area contributed by atoms with Gasteiger partial charge in [-0.25, -0.2) is 0 Å². The quantitative estimate of drug-likeness (QED) is 0.678. The Morgan fingerprint density at radius 3 is 2.71 bits per heavy atom. The molecular weight excluding hydrogens is 328 g/mol. The van der Waals surface area contributed by atoms with Gasteiger partial charge in [0.15, 0.2) is 0 Å². The molecule has 4 heteroatoms. The Morgan fingerprint density at radius 2 is 2.00 bits per heavy atom. The second-order valence-electron chi connectivity index (χ2n) is 4.83. The zero-order valence-corrected chi connectivity index (χ0v) is 13.4. The van der Waals surface area contributed by atoms with Gasteiger partial charge in [0.25, 0.3) is 0 Å². The Labute approximate surface area is 133 Å². The van der Waals surface area contributed by atoms with Crippen LogP contribution in [0.15, 0.2) is 59.1 Å². The largest absolute Gasteiger partial charge is 0.399 e. The minimum absolute atomic E-state index is 0.0441. The Hall–Kier alpha value is -2.07. The molecule has 0 aromatic heterocycles. The lowest BCUT2D eigenvalue weighted by atomic mass is 10.2. The summed E-state index contributed by atoms with van der Waals surface area (Å²) in [6.07, 6.45) is 3.34. The van der Waals surface area contributed by atoms with E-state index in [0.717, 1.165) is 15.6 Å². The normalized spacial score (nSPS) is 10.8. The van der Waals surface area contributed by atoms with Crippen molar-refractivity contribution in [2.45, 2.75) is 6.54 Å². The van der Waals surface area contributed by atoms with E-state index in [9.17, 15) is 4.79 Å². The molecule has 2 rings (SSSR count). The average molecular weight is 345 g/mol. The van der Waals surface area contributed by atoms with Crippen LogP contribution >= 0.6 is 15.9 Å². The van der Waals surface area contributed by atoms with Gasteiger partial charge < -0.3 is 10.6 Å². The number of hydrogen-bond acceptors (Lipinski definition) is 2. The van der Waals surface area contributed by atoms with Crippen molar-refractivity contribution >= 4 is 33.6 Å². The Kier molecular flexibility index (Phi) is 5.17. The van der Waals surface area contributed by atoms with Gasteiger partial charge in [-0.05, 0) is 41.5 Å². The fourth-order valence-electron chi connectivity index (χ4n) is 1.94. The summed E-state index contributed by atoms with van der Waals surface area (Å²) < 4.78 is 1.01. The highest BCUT2D eigenvalue weighted by molar-refractivity contribution is 9.10. The number of halogens is 1. The van der Waals surface area contributed by atoms with E-state index in [1.165, 1.54) is 0 Å². The van der Waals surface area contributed by atoms with Crippen molar-refractivity contribution < 1.29 is 4.79 Å². The van der Waals surface area contributed by atoms with Gasteiger partial charge >= 0.3 is 0 Å². The number of rotatable bonds is 4. The zero-order chi connectivity index (χ0) is 15.2. The van der Waals surface area contributed by atoms with Crippen LogP contribution in [0.1, 0.15) is 11.1 Å². The van der Waals surface area contributed by atoms with E-state index in [1.54, 1.807) is 24.1 Å². The van der Waals surface area contributed by atoms with Crippen LogP contribution in [-0.2, 0) is 11.3 Å². The maximum atomic E-state index is 12.1. The van der Waals surface area contributed by atoms with Gasteiger partial charge in [-0.1, -0.05) is 40.2 Å². The number of anilines is 1. The third kappa shape index (κ3) is 4.76. The van der Waals surface area contributed by atoms with Gasteiger partial charge in [0.1, 0.15) is 0 Å². The number of benzene rings is 2. The second-order valence-corrected chi connectivity index (χ2v) is 5.74. The number of nitrogen functional groups attached to an aromatic ring is 1. The number of likely N-dealkylation sites (N-methyl/N-ethyl adjacent to an activating group) is 1. The number of carbonyl (C=O) groups is 1. The molecule has 108 valence electrons. The molecule has 0 aliphatic carbocycles. The van der Waals surface area contributed by atoms with Crippen LogP contribution in [0.2, 0.25) is 0 Å². The van der Waals surface area contributed by atoms with Crippen molar-refractivity contribution in [1.82, 2.24) is 4.90 Å². The van der Waals surface area contributed by atoms with Crippen molar-refractivity contribution in [1.29, 1.82) is 0 Å². The fourth-order valence-corrected chi connectivity index (χ4v) is 2.39. The molecule has 0 unspecified atom stereocenters. The van der Waals surface area contributed by atoms with Crippen LogP contribution in [0.5, 0.6) is 0 Å². The molecule has 2 aromatic carbocycles. The highest BCUT2D eigenvalue weighted by Crippen LogP contribution is 2.13. The topological polar surface area (TPSA) is 46.3 Å². The number of hydrogen-bond donors (Lipinski definition) is 1. The first-order valence-electron chi connectivity index (χ1n) is 6.58. The monoisotopic (exact) mass is 344 g/mol. The van der Waals surface area contributed by atoms with Crippen LogP contribution in [0.25, 0.3) is 6.08 Å². The van der Waals surface area contributed by atoms with Crippen LogP contribution < -0.4 is 5.73 Å². The van der Waals surface area contributed by atoms with Crippen LogP contribution in [-0.4, -0.2) is 17.9 Å². The van der Waals surface area contributed by atoms with E-state index in [-0.39, 0.29) is 5.91 Å². The van der Waals surface area contributed by atoms with Gasteiger partial charge in [0.2, 0.25) is 5.91 Å². The predicted molar refractivity (Wildman–Crippen MR) is 90.5 cm³/mol. The molecule has 0 saturated heterocycles. The standard InChI is InChI=1S/C17H17BrN2O/c1-20(12-14-5-2-6-15(18)10-14)17(21)9-8-13-4-3-7-16(19)11-13/h2-11H,12,19H2,1H3/b9-8+. The van der Waals surface area contributed by atoms with E-state index in [4.69, 9.17) is 5.73 Å². The minimum Gasteiger partial charge on any atom is -0.399 e. The highest BCUT2D eigenvalue weighted by Gasteiger charge is 2.06. The van der Waals surface area contributed by atoms with E-state index in [0.29, 0.717) is 12.2 Å². The number of nitrogens with two attached hydrogens (primary N) is 1. The molecule has 3 nitrogen and oxygen atoms in total. The number of amides is 1. The van der Waals surface area contributed by atoms with Crippen molar-refractivity contribution in [2.75, 3.05) is 12.8 Å². The summed E-state index contributed by atoms with van der Waals surface area (Å²) >= 11 is 3.43. The average Bonchev–Trinajstić information content (AvgIpc) is 2.45. The lowest BCUT2D eigenvalue weighted by Gasteiger charge is -2.15. The van der Waals surface area contributed by atoms with Crippen molar-refractivity contribution in [3.63, 3.8) is 0 Å². The zero-order valence-electron chi connectivity index (χ0n) is 11.8. The third-order valence-electron chi connectivity index (χ3n) is 3.01. The van der Waals surface area contributed by atoms with E-state index >= 15 is 0 Å². The van der Waals surface area contributed by atoms with Crippen molar-refractivity contribution in [2.24, 2.45) is 0 Å². The second kappa shape index (κ2) is 7.09. The van der Waals surface area contributed by atoms with Gasteiger partial charge in [-0.3, -0.25) is 4.79 Å². The van der Waals surface area contributed by atoms with E-state index in [2.05, 4.69) is 15.9 Å². The summed E-state index contributed by atoms with van der Waals surface area (Å²) in [5.74, 6) is -0.0441. The summed E-state index contributed by atoms with van der Waals surface area (Å²) in [7, 11) is 1.78. The summed E-state index contributed by atoms with van der Waals surface area (Å²) in [5.41, 5.74) is 8.39. The molecule has 0 aliphatic rings. The van der Waals surface area contributed by atoms with Gasteiger partial charge in [0, 0.05) is 29.8 Å². The highest BCUT2D eigenvalue weighted by atomic mass is 79.9. The van der Waals surface area contributed by atoms with Crippen molar-refractivity contribution in [3.05, 3.63) is 70.2 Å². The SMILES string of the molecule is CN(Cc1cccc(Br)c1)C(=O)/C=C/c1cccc(N)c1. The van der Waals surface area contributed by atoms with Crippen LogP contribution in [0.3, 0.4) is 0 Å². The van der Waals surface area contributed by atoms with E-state index in [1.807, 2.05) is 48.5 Å². The van der Waals surface area contributed by atoms with Crippen LogP contribution in [0.4, 0.5) is 5.69 Å². The first-order chi connectivity index (χ1) is 10.0. The molecule has 0 fully saturated rings. The molecule has 0 radical (unpaired) electrons. The molecule has 0 atom stereocenters. The summed E-state index contributed by atoms with van der Waals surface area (Å²) in [6, 6.07) is 15.3. The smallest absolute Gasteiger partial charge is 0.246 e. The molecule has 2 N–H and O–H groups in total. The molecule has 0 spiro atoms. The first-order valence-corrected chi connectivity index (χ1v) is 7.37.